The van der Waals surface area contributed by atoms with Crippen molar-refractivity contribution in [1.29, 1.82) is 0 Å². The van der Waals surface area contributed by atoms with E-state index in [0.717, 1.165) is 4.31 Å². The van der Waals surface area contributed by atoms with E-state index < -0.39 is 21.7 Å². The first-order valence-electron chi connectivity index (χ1n) is 6.85. The molecule has 0 unspecified atom stereocenters. The number of hydrogen-bond acceptors (Lipinski definition) is 7. The first-order chi connectivity index (χ1) is 11.2. The Kier molecular flexibility index (Phi) is 3.80. The van der Waals surface area contributed by atoms with Crippen LogP contribution in [0.3, 0.4) is 0 Å². The van der Waals surface area contributed by atoms with Gasteiger partial charge in [-0.25, -0.2) is 9.97 Å². The van der Waals surface area contributed by atoms with Crippen molar-refractivity contribution in [3.8, 4) is 0 Å². The number of fused-ring (bicyclic) bond motifs is 1. The summed E-state index contributed by atoms with van der Waals surface area (Å²) in [6.07, 6.45) is 1.50. The van der Waals surface area contributed by atoms with Gasteiger partial charge < -0.3 is 5.11 Å². The molecule has 0 saturated carbocycles. The number of nitrogens with one attached hydrogen (secondary N) is 1. The molecule has 3 rings (SSSR count). The van der Waals surface area contributed by atoms with Crippen molar-refractivity contribution in [1.82, 2.24) is 14.3 Å². The zero-order chi connectivity index (χ0) is 17.6. The van der Waals surface area contributed by atoms with E-state index in [4.69, 9.17) is 0 Å². The van der Waals surface area contributed by atoms with Crippen LogP contribution >= 0.6 is 11.3 Å². The predicted molar refractivity (Wildman–Crippen MR) is 89.0 cm³/mol. The van der Waals surface area contributed by atoms with Gasteiger partial charge in [-0.2, -0.15) is 8.42 Å². The molecule has 0 radical (unpaired) electrons. The van der Waals surface area contributed by atoms with E-state index in [1.165, 1.54) is 24.6 Å². The second kappa shape index (κ2) is 5.56. The molecular formula is C14H14N4O4S2. The van der Waals surface area contributed by atoms with Gasteiger partial charge in [0.2, 0.25) is 0 Å². The average molecular weight is 366 g/mol. The van der Waals surface area contributed by atoms with Crippen LogP contribution in [-0.2, 0) is 14.8 Å². The Morgan fingerprint density at radius 1 is 1.38 bits per heavy atom. The summed E-state index contributed by atoms with van der Waals surface area (Å²) in [7, 11) is -2.85. The Labute approximate surface area is 142 Å². The molecule has 10 heteroatoms. The molecule has 1 aliphatic rings. The lowest BCUT2D eigenvalue weighted by Gasteiger charge is -2.28. The maximum Gasteiger partial charge on any atom is 0.282 e. The molecule has 2 aromatic heterocycles. The molecule has 126 valence electrons. The number of carbonyl (C=O) groups is 1. The van der Waals surface area contributed by atoms with E-state index in [9.17, 15) is 18.3 Å². The highest BCUT2D eigenvalue weighted by Crippen LogP contribution is 2.36. The summed E-state index contributed by atoms with van der Waals surface area (Å²) in [5.74, 6) is -1.19. The summed E-state index contributed by atoms with van der Waals surface area (Å²) in [6, 6.07) is 1.65. The van der Waals surface area contributed by atoms with Gasteiger partial charge in [0.05, 0.1) is 5.56 Å². The fourth-order valence-corrected chi connectivity index (χ4v) is 4.45. The molecular weight excluding hydrogens is 352 g/mol. The molecule has 3 heterocycles. The van der Waals surface area contributed by atoms with Crippen molar-refractivity contribution >= 4 is 38.2 Å². The Balaban J connectivity index is 2.20. The Morgan fingerprint density at radius 2 is 2.08 bits per heavy atom. The highest BCUT2D eigenvalue weighted by molar-refractivity contribution is 7.89. The molecule has 0 saturated heterocycles. The summed E-state index contributed by atoms with van der Waals surface area (Å²) < 4.78 is 26.1. The molecule has 2 aromatic rings. The quantitative estimate of drug-likeness (QED) is 0.836. The lowest BCUT2D eigenvalue weighted by molar-refractivity contribution is -0.113. The normalized spacial score (nSPS) is 16.0. The summed E-state index contributed by atoms with van der Waals surface area (Å²) >= 11 is 1.18. The number of amides is 1. The van der Waals surface area contributed by atoms with Crippen molar-refractivity contribution < 1.29 is 18.3 Å². The summed E-state index contributed by atoms with van der Waals surface area (Å²) in [5.41, 5.74) is 0.701. The highest BCUT2D eigenvalue weighted by atomic mass is 32.2. The number of aryl methyl sites for hydroxylation is 2. The monoisotopic (exact) mass is 366 g/mol. The van der Waals surface area contributed by atoms with Gasteiger partial charge in [-0.15, -0.1) is 11.3 Å². The first kappa shape index (κ1) is 16.4. The number of pyridine rings is 1. The third-order valence-electron chi connectivity index (χ3n) is 3.56. The maximum absolute atomic E-state index is 12.7. The molecule has 0 aromatic carbocycles. The predicted octanol–water partition coefficient (Wildman–Crippen LogP) is 1.65. The second-order valence-corrected chi connectivity index (χ2v) is 8.00. The van der Waals surface area contributed by atoms with Crippen molar-refractivity contribution in [3.05, 3.63) is 40.2 Å². The van der Waals surface area contributed by atoms with E-state index in [1.807, 2.05) is 0 Å². The number of hydrogen-bond donors (Lipinski definition) is 2. The Bertz CT molecular complexity index is 965. The van der Waals surface area contributed by atoms with Gasteiger partial charge in [-0.1, -0.05) is 0 Å². The van der Waals surface area contributed by atoms with Gasteiger partial charge in [-0.3, -0.25) is 14.4 Å². The SMILES string of the molecule is Cc1cc(C)c2c(n1)S(=O)(=O)N(C)C(C(=O)Nc1nccs1)=C2O. The van der Waals surface area contributed by atoms with Gasteiger partial charge in [0.15, 0.2) is 21.6 Å². The van der Waals surface area contributed by atoms with Gasteiger partial charge in [-0.05, 0) is 25.5 Å². The lowest BCUT2D eigenvalue weighted by Crippen LogP contribution is -2.38. The first-order valence-corrected chi connectivity index (χ1v) is 9.17. The molecule has 0 atom stereocenters. The second-order valence-electron chi connectivity index (χ2n) is 5.22. The number of carbonyl (C=O) groups excluding carboxylic acids is 1. The summed E-state index contributed by atoms with van der Waals surface area (Å²) in [6.45, 7) is 3.31. The minimum absolute atomic E-state index is 0.0444. The third-order valence-corrected chi connectivity index (χ3v) is 5.94. The molecule has 0 bridgehead atoms. The molecule has 1 amide bonds. The van der Waals surface area contributed by atoms with Crippen LogP contribution in [0, 0.1) is 13.8 Å². The molecule has 24 heavy (non-hydrogen) atoms. The Morgan fingerprint density at radius 3 is 2.71 bits per heavy atom. The number of sulfonamides is 1. The fourth-order valence-electron chi connectivity index (χ4n) is 2.49. The number of aromatic nitrogens is 2. The largest absolute Gasteiger partial charge is 0.505 e. The van der Waals surface area contributed by atoms with Crippen LogP contribution in [0.2, 0.25) is 0 Å². The van der Waals surface area contributed by atoms with Crippen LogP contribution in [0.5, 0.6) is 0 Å². The fraction of sp³-hybridized carbons (Fsp3) is 0.214. The number of aliphatic hydroxyl groups is 1. The minimum atomic E-state index is -4.05. The van der Waals surface area contributed by atoms with E-state index in [2.05, 4.69) is 15.3 Å². The zero-order valence-corrected chi connectivity index (χ0v) is 14.7. The molecule has 0 aliphatic carbocycles. The van der Waals surface area contributed by atoms with Crippen molar-refractivity contribution in [2.45, 2.75) is 18.9 Å². The van der Waals surface area contributed by atoms with Crippen molar-refractivity contribution in [2.24, 2.45) is 0 Å². The van der Waals surface area contributed by atoms with Crippen molar-refractivity contribution in [3.63, 3.8) is 0 Å². The third kappa shape index (κ3) is 2.43. The number of aliphatic hydroxyl groups excluding tert-OH is 1. The smallest absolute Gasteiger partial charge is 0.282 e. The van der Waals surface area contributed by atoms with E-state index in [0.29, 0.717) is 16.4 Å². The number of likely N-dealkylation sites (N-methyl/N-ethyl adjacent to an activating group) is 1. The van der Waals surface area contributed by atoms with Crippen LogP contribution in [0.1, 0.15) is 16.8 Å². The molecule has 0 fully saturated rings. The van der Waals surface area contributed by atoms with Crippen LogP contribution < -0.4 is 5.32 Å². The van der Waals surface area contributed by atoms with Crippen LogP contribution in [0.15, 0.2) is 28.4 Å². The van der Waals surface area contributed by atoms with Crippen molar-refractivity contribution in [2.75, 3.05) is 12.4 Å². The molecule has 8 nitrogen and oxygen atoms in total. The maximum atomic E-state index is 12.7. The van der Waals surface area contributed by atoms with Crippen LogP contribution in [0.25, 0.3) is 5.76 Å². The van der Waals surface area contributed by atoms with Gasteiger partial charge in [0.25, 0.3) is 15.9 Å². The lowest BCUT2D eigenvalue weighted by atomic mass is 10.1. The summed E-state index contributed by atoms with van der Waals surface area (Å²) in [4.78, 5) is 20.4. The topological polar surface area (TPSA) is 112 Å². The van der Waals surface area contributed by atoms with Gasteiger partial charge >= 0.3 is 0 Å². The molecule has 1 aliphatic heterocycles. The summed E-state index contributed by atoms with van der Waals surface area (Å²) in [5, 5.41) is 14.7. The zero-order valence-electron chi connectivity index (χ0n) is 13.1. The number of rotatable bonds is 2. The van der Waals surface area contributed by atoms with E-state index in [-0.39, 0.29) is 16.3 Å². The van der Waals surface area contributed by atoms with Gasteiger partial charge in [0, 0.05) is 24.3 Å². The highest BCUT2D eigenvalue weighted by Gasteiger charge is 2.40. The molecule has 2 N–H and O–H groups in total. The number of nitrogens with zero attached hydrogens (tertiary/aromatic N) is 3. The standard InChI is InChI=1S/C14H14N4O4S2/c1-7-6-8(2)16-13-9(7)11(19)10(18(3)24(13,21)22)12(20)17-14-15-4-5-23-14/h4-6,19H,1-3H3,(H,15,17,20). The van der Waals surface area contributed by atoms with Crippen LogP contribution in [0.4, 0.5) is 5.13 Å². The molecule has 0 spiro atoms. The van der Waals surface area contributed by atoms with E-state index in [1.54, 1.807) is 25.3 Å². The van der Waals surface area contributed by atoms with Crippen LogP contribution in [-0.4, -0.2) is 40.8 Å². The van der Waals surface area contributed by atoms with Gasteiger partial charge in [0.1, 0.15) is 0 Å². The Hall–Kier alpha value is -2.46. The average Bonchev–Trinajstić information content (AvgIpc) is 2.97. The number of thiazole rings is 1. The van der Waals surface area contributed by atoms with E-state index >= 15 is 0 Å². The minimum Gasteiger partial charge on any atom is -0.505 e. The number of anilines is 1.